The van der Waals surface area contributed by atoms with Gasteiger partial charge in [0.1, 0.15) is 5.82 Å². The second-order valence-electron chi connectivity index (χ2n) is 7.40. The Balaban J connectivity index is 1.59. The van der Waals surface area contributed by atoms with Crippen molar-refractivity contribution in [2.75, 3.05) is 5.32 Å². The number of halogens is 1. The van der Waals surface area contributed by atoms with Crippen LogP contribution in [0.4, 0.5) is 10.1 Å². The number of hydrogen-bond donors (Lipinski definition) is 1. The van der Waals surface area contributed by atoms with Crippen LogP contribution in [0.15, 0.2) is 72.9 Å². The van der Waals surface area contributed by atoms with E-state index in [0.717, 1.165) is 38.8 Å². The van der Waals surface area contributed by atoms with Gasteiger partial charge in [-0.05, 0) is 60.4 Å². The summed E-state index contributed by atoms with van der Waals surface area (Å²) in [5.74, 6) is -0.279. The number of nitrogens with zero attached hydrogens (tertiary/aromatic N) is 1. The number of benzene rings is 3. The van der Waals surface area contributed by atoms with Gasteiger partial charge in [0.15, 0.2) is 0 Å². The van der Waals surface area contributed by atoms with E-state index in [1.165, 1.54) is 12.1 Å². The molecule has 0 spiro atoms. The molecular weight excluding hydrogens is 363 g/mol. The summed E-state index contributed by atoms with van der Waals surface area (Å²) in [6, 6.07) is 20.5. The van der Waals surface area contributed by atoms with Crippen LogP contribution in [0, 0.1) is 19.7 Å². The van der Waals surface area contributed by atoms with Gasteiger partial charge in [0.2, 0.25) is 5.91 Å². The lowest BCUT2D eigenvalue weighted by Crippen LogP contribution is -2.15. The molecule has 0 saturated heterocycles. The Morgan fingerprint density at radius 2 is 1.72 bits per heavy atom. The van der Waals surface area contributed by atoms with E-state index in [1.807, 2.05) is 62.5 Å². The van der Waals surface area contributed by atoms with Crippen molar-refractivity contribution in [3.05, 3.63) is 101 Å². The van der Waals surface area contributed by atoms with Crippen LogP contribution in [0.5, 0.6) is 0 Å². The normalized spacial score (nSPS) is 11.0. The lowest BCUT2D eigenvalue weighted by atomic mass is 10.1. The van der Waals surface area contributed by atoms with Crippen LogP contribution in [-0.2, 0) is 17.8 Å². The Hall–Kier alpha value is -3.40. The standard InChI is InChI=1S/C25H23FN2O/c1-17-6-5-8-23(18(17)2)27-25(29)14-20-16-28(24-9-4-3-7-22(20)24)15-19-10-12-21(26)13-11-19/h3-13,16H,14-15H2,1-2H3,(H,27,29). The van der Waals surface area contributed by atoms with E-state index in [0.29, 0.717) is 13.0 Å². The van der Waals surface area contributed by atoms with Crippen molar-refractivity contribution in [1.29, 1.82) is 0 Å². The third-order valence-electron chi connectivity index (χ3n) is 5.37. The van der Waals surface area contributed by atoms with Crippen LogP contribution in [0.3, 0.4) is 0 Å². The third-order valence-corrected chi connectivity index (χ3v) is 5.37. The lowest BCUT2D eigenvalue weighted by molar-refractivity contribution is -0.115. The highest BCUT2D eigenvalue weighted by Crippen LogP contribution is 2.24. The Labute approximate surface area is 169 Å². The molecule has 4 heteroatoms. The van der Waals surface area contributed by atoms with Crippen LogP contribution in [0.1, 0.15) is 22.3 Å². The van der Waals surface area contributed by atoms with Gasteiger partial charge in [-0.15, -0.1) is 0 Å². The van der Waals surface area contributed by atoms with Crippen molar-refractivity contribution in [3.8, 4) is 0 Å². The van der Waals surface area contributed by atoms with E-state index in [1.54, 1.807) is 12.1 Å². The topological polar surface area (TPSA) is 34.0 Å². The zero-order valence-electron chi connectivity index (χ0n) is 16.6. The molecule has 0 atom stereocenters. The second-order valence-corrected chi connectivity index (χ2v) is 7.40. The molecule has 0 radical (unpaired) electrons. The first-order chi connectivity index (χ1) is 14.0. The van der Waals surface area contributed by atoms with Crippen LogP contribution in [0.25, 0.3) is 10.9 Å². The highest BCUT2D eigenvalue weighted by atomic mass is 19.1. The number of carbonyl (C=O) groups excluding carboxylic acids is 1. The number of rotatable bonds is 5. The molecule has 0 aliphatic rings. The molecule has 29 heavy (non-hydrogen) atoms. The summed E-state index contributed by atoms with van der Waals surface area (Å²) in [5.41, 5.74) is 6.14. The minimum absolute atomic E-state index is 0.0385. The predicted octanol–water partition coefficient (Wildman–Crippen LogP) is 5.63. The quantitative estimate of drug-likeness (QED) is 0.474. The Morgan fingerprint density at radius 1 is 0.966 bits per heavy atom. The van der Waals surface area contributed by atoms with Crippen LogP contribution < -0.4 is 5.32 Å². The molecule has 0 saturated carbocycles. The fourth-order valence-corrected chi connectivity index (χ4v) is 3.63. The minimum Gasteiger partial charge on any atom is -0.343 e. The van der Waals surface area contributed by atoms with Crippen LogP contribution in [-0.4, -0.2) is 10.5 Å². The Bertz CT molecular complexity index is 1180. The summed E-state index contributed by atoms with van der Waals surface area (Å²) in [6.45, 7) is 4.67. The van der Waals surface area contributed by atoms with E-state index in [-0.39, 0.29) is 11.7 Å². The first-order valence-electron chi connectivity index (χ1n) is 9.68. The number of anilines is 1. The number of aryl methyl sites for hydroxylation is 1. The third kappa shape index (κ3) is 4.06. The molecular formula is C25H23FN2O. The summed E-state index contributed by atoms with van der Waals surface area (Å²) in [7, 11) is 0. The van der Waals surface area contributed by atoms with Gasteiger partial charge in [0, 0.05) is 29.3 Å². The predicted molar refractivity (Wildman–Crippen MR) is 116 cm³/mol. The average molecular weight is 386 g/mol. The fourth-order valence-electron chi connectivity index (χ4n) is 3.63. The number of fused-ring (bicyclic) bond motifs is 1. The zero-order valence-corrected chi connectivity index (χ0v) is 16.6. The summed E-state index contributed by atoms with van der Waals surface area (Å²) in [4.78, 5) is 12.7. The molecule has 0 aliphatic heterocycles. The largest absolute Gasteiger partial charge is 0.343 e. The van der Waals surface area contributed by atoms with Gasteiger partial charge in [-0.3, -0.25) is 4.79 Å². The molecule has 146 valence electrons. The first-order valence-corrected chi connectivity index (χ1v) is 9.68. The van der Waals surface area contributed by atoms with Crippen molar-refractivity contribution >= 4 is 22.5 Å². The number of aromatic nitrogens is 1. The van der Waals surface area contributed by atoms with E-state index < -0.39 is 0 Å². The summed E-state index contributed by atoms with van der Waals surface area (Å²) >= 11 is 0. The minimum atomic E-state index is -0.241. The number of carbonyl (C=O) groups is 1. The Morgan fingerprint density at radius 3 is 2.52 bits per heavy atom. The number of hydrogen-bond acceptors (Lipinski definition) is 1. The summed E-state index contributed by atoms with van der Waals surface area (Å²) < 4.78 is 15.3. The number of nitrogens with one attached hydrogen (secondary N) is 1. The van der Waals surface area contributed by atoms with Gasteiger partial charge < -0.3 is 9.88 Å². The van der Waals surface area contributed by atoms with E-state index in [4.69, 9.17) is 0 Å². The van der Waals surface area contributed by atoms with Gasteiger partial charge in [0.25, 0.3) is 0 Å². The molecule has 0 bridgehead atoms. The highest BCUT2D eigenvalue weighted by molar-refractivity contribution is 5.96. The van der Waals surface area contributed by atoms with Crippen molar-refractivity contribution in [2.45, 2.75) is 26.8 Å². The fraction of sp³-hybridized carbons (Fsp3) is 0.160. The molecule has 0 aliphatic carbocycles. The van der Waals surface area contributed by atoms with Crippen molar-refractivity contribution < 1.29 is 9.18 Å². The second kappa shape index (κ2) is 7.92. The molecule has 4 aromatic rings. The van der Waals surface area contributed by atoms with Gasteiger partial charge in [-0.1, -0.05) is 42.5 Å². The number of para-hydroxylation sites is 1. The first kappa shape index (κ1) is 18.9. The van der Waals surface area contributed by atoms with Gasteiger partial charge in [-0.25, -0.2) is 4.39 Å². The smallest absolute Gasteiger partial charge is 0.228 e. The monoisotopic (exact) mass is 386 g/mol. The van der Waals surface area contributed by atoms with Crippen molar-refractivity contribution in [2.24, 2.45) is 0 Å². The van der Waals surface area contributed by atoms with E-state index in [2.05, 4.69) is 9.88 Å². The molecule has 4 rings (SSSR count). The molecule has 1 N–H and O–H groups in total. The molecule has 1 amide bonds. The molecule has 3 aromatic carbocycles. The zero-order chi connectivity index (χ0) is 20.4. The highest BCUT2D eigenvalue weighted by Gasteiger charge is 2.13. The van der Waals surface area contributed by atoms with Crippen LogP contribution >= 0.6 is 0 Å². The van der Waals surface area contributed by atoms with Crippen LogP contribution in [0.2, 0.25) is 0 Å². The van der Waals surface area contributed by atoms with E-state index in [9.17, 15) is 9.18 Å². The van der Waals surface area contributed by atoms with Crippen molar-refractivity contribution in [3.63, 3.8) is 0 Å². The molecule has 1 aromatic heterocycles. The van der Waals surface area contributed by atoms with Gasteiger partial charge in [-0.2, -0.15) is 0 Å². The SMILES string of the molecule is Cc1cccc(NC(=O)Cc2cn(Cc3ccc(F)cc3)c3ccccc23)c1C. The maximum Gasteiger partial charge on any atom is 0.228 e. The van der Waals surface area contributed by atoms with Gasteiger partial charge in [0.05, 0.1) is 6.42 Å². The molecule has 1 heterocycles. The average Bonchev–Trinajstić information content (AvgIpc) is 3.05. The number of amides is 1. The summed E-state index contributed by atoms with van der Waals surface area (Å²) in [5, 5.41) is 4.10. The molecule has 3 nitrogen and oxygen atoms in total. The van der Waals surface area contributed by atoms with Crippen molar-refractivity contribution in [1.82, 2.24) is 4.57 Å². The molecule has 0 fully saturated rings. The van der Waals surface area contributed by atoms with E-state index >= 15 is 0 Å². The Kier molecular flexibility index (Phi) is 5.17. The summed E-state index contributed by atoms with van der Waals surface area (Å²) in [6.07, 6.45) is 2.32. The maximum absolute atomic E-state index is 13.2. The van der Waals surface area contributed by atoms with Gasteiger partial charge >= 0.3 is 0 Å². The molecule has 0 unspecified atom stereocenters. The lowest BCUT2D eigenvalue weighted by Gasteiger charge is -2.10. The maximum atomic E-state index is 13.2.